The highest BCUT2D eigenvalue weighted by atomic mass is 79.9. The van der Waals surface area contributed by atoms with Crippen LogP contribution in [0.5, 0.6) is 17.2 Å². The van der Waals surface area contributed by atoms with Gasteiger partial charge in [-0.25, -0.2) is 0 Å². The number of phenolic OH excluding ortho intramolecular Hbond substituents is 2. The van der Waals surface area contributed by atoms with Gasteiger partial charge in [0.1, 0.15) is 17.1 Å². The Morgan fingerprint density at radius 3 is 2.58 bits per heavy atom. The van der Waals surface area contributed by atoms with Crippen LogP contribution in [0.1, 0.15) is 38.8 Å². The lowest BCUT2D eigenvalue weighted by Gasteiger charge is -2.26. The highest BCUT2D eigenvalue weighted by Gasteiger charge is 2.42. The van der Waals surface area contributed by atoms with Crippen molar-refractivity contribution in [3.8, 4) is 28.5 Å². The number of carbonyl (C=O) groups is 1. The molecule has 4 N–H and O–H groups in total. The molecule has 1 unspecified atom stereocenters. The van der Waals surface area contributed by atoms with Gasteiger partial charge in [-0.15, -0.1) is 0 Å². The van der Waals surface area contributed by atoms with Crippen molar-refractivity contribution in [2.24, 2.45) is 0 Å². The number of nitrogens with zero attached hydrogens (tertiary/aromatic N) is 2. The van der Waals surface area contributed by atoms with Crippen LogP contribution in [-0.2, 0) is 0 Å². The maximum atomic E-state index is 13.1. The van der Waals surface area contributed by atoms with Crippen molar-refractivity contribution in [3.05, 3.63) is 56.7 Å². The number of fused-ring (bicyclic) bond motifs is 1. The number of carbonyl (C=O) groups excluding carboxylic acids is 1. The third-order valence-corrected chi connectivity index (χ3v) is 6.26. The maximum absolute atomic E-state index is 13.1. The number of hydrogen-bond donors (Lipinski definition) is 4. The summed E-state index contributed by atoms with van der Waals surface area (Å²) in [4.78, 5) is 14.6. The highest BCUT2D eigenvalue weighted by molar-refractivity contribution is 9.10. The van der Waals surface area contributed by atoms with E-state index in [1.165, 1.54) is 12.0 Å². The van der Waals surface area contributed by atoms with E-state index in [-0.39, 0.29) is 36.3 Å². The summed E-state index contributed by atoms with van der Waals surface area (Å²) in [7, 11) is 1.44. The monoisotopic (exact) mass is 487 g/mol. The summed E-state index contributed by atoms with van der Waals surface area (Å²) < 4.78 is 5.69. The van der Waals surface area contributed by atoms with Crippen molar-refractivity contribution in [2.75, 3.05) is 20.3 Å². The van der Waals surface area contributed by atoms with Gasteiger partial charge in [0.15, 0.2) is 11.5 Å². The number of aliphatic hydroxyl groups is 1. The Hall–Kier alpha value is -3.04. The largest absolute Gasteiger partial charge is 0.507 e. The lowest BCUT2D eigenvalue weighted by atomic mass is 9.94. The number of rotatable bonds is 5. The molecule has 8 nitrogen and oxygen atoms in total. The fourth-order valence-corrected chi connectivity index (χ4v) is 4.44. The fraction of sp³-hybridized carbons (Fsp3) is 0.273. The van der Waals surface area contributed by atoms with Gasteiger partial charge in [0.05, 0.1) is 24.2 Å². The van der Waals surface area contributed by atoms with Gasteiger partial charge in [0.2, 0.25) is 0 Å². The molecule has 1 aliphatic rings. The van der Waals surface area contributed by atoms with Gasteiger partial charge >= 0.3 is 0 Å². The molecule has 0 saturated heterocycles. The molecule has 1 amide bonds. The van der Waals surface area contributed by atoms with Gasteiger partial charge in [-0.1, -0.05) is 0 Å². The summed E-state index contributed by atoms with van der Waals surface area (Å²) in [6.45, 7) is 3.73. The van der Waals surface area contributed by atoms with Crippen LogP contribution >= 0.6 is 15.9 Å². The summed E-state index contributed by atoms with van der Waals surface area (Å²) in [5, 5.41) is 37.6. The molecule has 31 heavy (non-hydrogen) atoms. The third-order valence-electron chi connectivity index (χ3n) is 5.66. The average molecular weight is 488 g/mol. The molecular weight excluding hydrogens is 466 g/mol. The number of methoxy groups -OCH3 is 1. The van der Waals surface area contributed by atoms with Crippen molar-refractivity contribution in [1.29, 1.82) is 0 Å². The Morgan fingerprint density at radius 2 is 1.90 bits per heavy atom. The fourth-order valence-electron chi connectivity index (χ4n) is 3.98. The number of hydrogen-bond acceptors (Lipinski definition) is 6. The Balaban J connectivity index is 1.96. The molecule has 0 aliphatic carbocycles. The topological polar surface area (TPSA) is 119 Å². The number of β-amino-alcohol motifs (C(OH)–C–C–N with tert-alkyl or cyclic N) is 1. The first kappa shape index (κ1) is 21.2. The van der Waals surface area contributed by atoms with Crippen molar-refractivity contribution in [1.82, 2.24) is 15.1 Å². The highest BCUT2D eigenvalue weighted by Crippen LogP contribution is 2.47. The van der Waals surface area contributed by atoms with E-state index in [0.29, 0.717) is 32.6 Å². The number of H-pyrrole nitrogens is 1. The van der Waals surface area contributed by atoms with Crippen LogP contribution in [-0.4, -0.2) is 56.6 Å². The first-order valence-electron chi connectivity index (χ1n) is 9.65. The molecule has 1 aromatic heterocycles. The summed E-state index contributed by atoms with van der Waals surface area (Å²) >= 11 is 3.34. The van der Waals surface area contributed by atoms with E-state index < -0.39 is 6.04 Å². The van der Waals surface area contributed by atoms with Gasteiger partial charge in [0, 0.05) is 17.7 Å². The van der Waals surface area contributed by atoms with Gasteiger partial charge in [-0.3, -0.25) is 9.89 Å². The van der Waals surface area contributed by atoms with Gasteiger partial charge in [-0.2, -0.15) is 5.10 Å². The number of aryl methyl sites for hydroxylation is 2. The van der Waals surface area contributed by atoms with E-state index in [9.17, 15) is 20.1 Å². The molecule has 9 heteroatoms. The number of aromatic hydroxyl groups is 2. The molecule has 3 aromatic rings. The predicted molar refractivity (Wildman–Crippen MR) is 117 cm³/mol. The number of amides is 1. The number of benzene rings is 2. The number of aliphatic hydroxyl groups excluding tert-OH is 1. The predicted octanol–water partition coefficient (Wildman–Crippen LogP) is 3.41. The standard InChI is InChI=1S/C22H22BrN3O5/c1-10-6-13(15(28)7-11(10)2)18-17-19(25-24-18)22(30)26(4-5-27)20(17)12-8-14(23)21(29)16(9-12)31-3/h6-9,20,27-29H,4-5H2,1-3H3,(H,24,25). The Labute approximate surface area is 187 Å². The molecule has 0 bridgehead atoms. The number of nitrogens with one attached hydrogen (secondary N) is 1. The molecular formula is C22H22BrN3O5. The number of aromatic amines is 1. The van der Waals surface area contributed by atoms with E-state index in [1.54, 1.807) is 18.2 Å². The van der Waals surface area contributed by atoms with Gasteiger partial charge in [-0.05, 0) is 70.7 Å². The van der Waals surface area contributed by atoms with Crippen LogP contribution < -0.4 is 4.74 Å². The molecule has 162 valence electrons. The quantitative estimate of drug-likeness (QED) is 0.437. The molecule has 1 atom stereocenters. The lowest BCUT2D eigenvalue weighted by molar-refractivity contribution is 0.0706. The minimum Gasteiger partial charge on any atom is -0.507 e. The molecule has 1 aliphatic heterocycles. The molecule has 2 aromatic carbocycles. The summed E-state index contributed by atoms with van der Waals surface area (Å²) in [6.07, 6.45) is 0. The number of ether oxygens (including phenoxy) is 1. The van der Waals surface area contributed by atoms with Crippen molar-refractivity contribution in [3.63, 3.8) is 0 Å². The maximum Gasteiger partial charge on any atom is 0.273 e. The third kappa shape index (κ3) is 3.34. The normalized spacial score (nSPS) is 15.5. The first-order chi connectivity index (χ1) is 14.8. The zero-order valence-corrected chi connectivity index (χ0v) is 18.8. The first-order valence-corrected chi connectivity index (χ1v) is 10.4. The summed E-state index contributed by atoms with van der Waals surface area (Å²) in [5.41, 5.74) is 4.44. The Morgan fingerprint density at radius 1 is 1.19 bits per heavy atom. The number of halogens is 1. The minimum absolute atomic E-state index is 0.0521. The van der Waals surface area contributed by atoms with Crippen molar-refractivity contribution < 1.29 is 24.9 Å². The SMILES string of the molecule is COc1cc(C2c3c(-c4cc(C)c(C)cc4O)n[nH]c3C(=O)N2CCO)cc(Br)c1O. The molecule has 0 radical (unpaired) electrons. The summed E-state index contributed by atoms with van der Waals surface area (Å²) in [5.74, 6) is -0.0509. The van der Waals surface area contributed by atoms with E-state index in [0.717, 1.165) is 11.1 Å². The van der Waals surface area contributed by atoms with Crippen LogP contribution in [0.25, 0.3) is 11.3 Å². The second-order valence-electron chi connectivity index (χ2n) is 7.49. The van der Waals surface area contributed by atoms with Gasteiger partial charge < -0.3 is 25.0 Å². The second kappa shape index (κ2) is 7.90. The molecule has 2 heterocycles. The number of aromatic nitrogens is 2. The molecule has 0 saturated carbocycles. The number of phenols is 2. The smallest absolute Gasteiger partial charge is 0.273 e. The average Bonchev–Trinajstić information content (AvgIpc) is 3.27. The Bertz CT molecular complexity index is 1190. The second-order valence-corrected chi connectivity index (χ2v) is 8.35. The van der Waals surface area contributed by atoms with E-state index >= 15 is 0 Å². The molecule has 0 fully saturated rings. The van der Waals surface area contributed by atoms with E-state index in [2.05, 4.69) is 26.1 Å². The van der Waals surface area contributed by atoms with Gasteiger partial charge in [0.25, 0.3) is 5.91 Å². The minimum atomic E-state index is -0.602. The van der Waals surface area contributed by atoms with Crippen LogP contribution in [0, 0.1) is 13.8 Å². The zero-order valence-electron chi connectivity index (χ0n) is 17.2. The van der Waals surface area contributed by atoms with E-state index in [1.807, 2.05) is 19.9 Å². The van der Waals surface area contributed by atoms with Crippen LogP contribution in [0.2, 0.25) is 0 Å². The molecule has 0 spiro atoms. The van der Waals surface area contributed by atoms with Crippen molar-refractivity contribution in [2.45, 2.75) is 19.9 Å². The Kier molecular flexibility index (Phi) is 5.40. The van der Waals surface area contributed by atoms with Crippen molar-refractivity contribution >= 4 is 21.8 Å². The zero-order chi connectivity index (χ0) is 22.4. The van der Waals surface area contributed by atoms with Crippen LogP contribution in [0.4, 0.5) is 0 Å². The van der Waals surface area contributed by atoms with Crippen LogP contribution in [0.15, 0.2) is 28.7 Å². The lowest BCUT2D eigenvalue weighted by Crippen LogP contribution is -2.32. The summed E-state index contributed by atoms with van der Waals surface area (Å²) in [6, 6.07) is 6.25. The van der Waals surface area contributed by atoms with Crippen LogP contribution in [0.3, 0.4) is 0 Å². The molecule has 4 rings (SSSR count). The van der Waals surface area contributed by atoms with E-state index in [4.69, 9.17) is 4.74 Å².